The predicted octanol–water partition coefficient (Wildman–Crippen LogP) is 2.61. The molecule has 1 saturated carbocycles. The normalized spacial score (nSPS) is 16.1. The third-order valence-electron chi connectivity index (χ3n) is 3.26. The lowest BCUT2D eigenvalue weighted by molar-refractivity contribution is 0.192. The van der Waals surface area contributed by atoms with Crippen molar-refractivity contribution >= 4 is 27.7 Å². The smallest absolute Gasteiger partial charge is 0.404 e. The van der Waals surface area contributed by atoms with Gasteiger partial charge in [-0.2, -0.15) is 0 Å². The van der Waals surface area contributed by atoms with E-state index in [-0.39, 0.29) is 5.41 Å². The largest absolute Gasteiger partial charge is 0.465 e. The standard InChI is InChI=1S/C12H16BrN3O2/c1-8-10(13)4-9(5-14-8)15-6-12(2-3-12)7-16-11(17)18/h4-5,15-16H,2-3,6-7H2,1H3,(H,17,18). The van der Waals surface area contributed by atoms with E-state index in [0.29, 0.717) is 6.54 Å². The maximum absolute atomic E-state index is 10.5. The second-order valence-corrected chi connectivity index (χ2v) is 5.66. The van der Waals surface area contributed by atoms with Crippen molar-refractivity contribution in [1.29, 1.82) is 0 Å². The Morgan fingerprint density at radius 2 is 2.28 bits per heavy atom. The van der Waals surface area contributed by atoms with Crippen LogP contribution in [0.4, 0.5) is 10.5 Å². The number of anilines is 1. The molecule has 0 radical (unpaired) electrons. The third kappa shape index (κ3) is 3.35. The van der Waals surface area contributed by atoms with Crippen LogP contribution in [0, 0.1) is 12.3 Å². The molecule has 0 aliphatic heterocycles. The number of halogens is 1. The maximum atomic E-state index is 10.5. The number of nitrogens with one attached hydrogen (secondary N) is 2. The summed E-state index contributed by atoms with van der Waals surface area (Å²) in [7, 11) is 0. The van der Waals surface area contributed by atoms with Crippen molar-refractivity contribution in [3.05, 3.63) is 22.4 Å². The zero-order valence-corrected chi connectivity index (χ0v) is 11.7. The van der Waals surface area contributed by atoms with Crippen LogP contribution in [0.5, 0.6) is 0 Å². The summed E-state index contributed by atoms with van der Waals surface area (Å²) in [6, 6.07) is 1.99. The molecule has 0 unspecified atom stereocenters. The molecule has 1 aliphatic carbocycles. The highest BCUT2D eigenvalue weighted by molar-refractivity contribution is 9.10. The van der Waals surface area contributed by atoms with Crippen LogP contribution in [0.1, 0.15) is 18.5 Å². The minimum absolute atomic E-state index is 0.0791. The first-order chi connectivity index (χ1) is 8.51. The van der Waals surface area contributed by atoms with Crippen molar-refractivity contribution in [3.63, 3.8) is 0 Å². The van der Waals surface area contributed by atoms with E-state index in [2.05, 4.69) is 31.5 Å². The van der Waals surface area contributed by atoms with Crippen LogP contribution < -0.4 is 10.6 Å². The van der Waals surface area contributed by atoms with Gasteiger partial charge in [-0.15, -0.1) is 0 Å². The predicted molar refractivity (Wildman–Crippen MR) is 72.9 cm³/mol. The molecule has 6 heteroatoms. The zero-order chi connectivity index (χ0) is 13.2. The van der Waals surface area contributed by atoms with Crippen molar-refractivity contribution < 1.29 is 9.90 Å². The van der Waals surface area contributed by atoms with Gasteiger partial charge in [0.05, 0.1) is 17.6 Å². The van der Waals surface area contributed by atoms with Crippen LogP contribution in [0.3, 0.4) is 0 Å². The Morgan fingerprint density at radius 3 is 2.83 bits per heavy atom. The first kappa shape index (κ1) is 13.1. The van der Waals surface area contributed by atoms with Crippen molar-refractivity contribution in [1.82, 2.24) is 10.3 Å². The Labute approximate surface area is 114 Å². The molecular formula is C12H16BrN3O2. The highest BCUT2D eigenvalue weighted by atomic mass is 79.9. The zero-order valence-electron chi connectivity index (χ0n) is 10.2. The van der Waals surface area contributed by atoms with Crippen LogP contribution in [0.15, 0.2) is 16.7 Å². The summed E-state index contributed by atoms with van der Waals surface area (Å²) in [5.74, 6) is 0. The molecular weight excluding hydrogens is 298 g/mol. The van der Waals surface area contributed by atoms with Gasteiger partial charge in [-0.05, 0) is 41.8 Å². The molecule has 0 atom stereocenters. The molecule has 1 aromatic heterocycles. The Hall–Kier alpha value is -1.30. The fourth-order valence-electron chi connectivity index (χ4n) is 1.75. The van der Waals surface area contributed by atoms with E-state index < -0.39 is 6.09 Å². The first-order valence-corrected chi connectivity index (χ1v) is 6.63. The van der Waals surface area contributed by atoms with Gasteiger partial charge in [0.1, 0.15) is 0 Å². The summed E-state index contributed by atoms with van der Waals surface area (Å²) >= 11 is 3.44. The van der Waals surface area contributed by atoms with E-state index in [9.17, 15) is 4.79 Å². The number of rotatable bonds is 5. The van der Waals surface area contributed by atoms with Crippen molar-refractivity contribution in [3.8, 4) is 0 Å². The quantitative estimate of drug-likeness (QED) is 0.781. The summed E-state index contributed by atoms with van der Waals surface area (Å²) in [6.07, 6.45) is 2.95. The Morgan fingerprint density at radius 1 is 1.56 bits per heavy atom. The molecule has 0 aromatic carbocycles. The second kappa shape index (κ2) is 5.14. The molecule has 1 heterocycles. The highest BCUT2D eigenvalue weighted by Crippen LogP contribution is 2.45. The van der Waals surface area contributed by atoms with Crippen LogP contribution in [0.2, 0.25) is 0 Å². The van der Waals surface area contributed by atoms with Gasteiger partial charge < -0.3 is 15.7 Å². The average Bonchev–Trinajstić information content (AvgIpc) is 3.09. The summed E-state index contributed by atoms with van der Waals surface area (Å²) < 4.78 is 0.973. The SMILES string of the molecule is Cc1ncc(NCC2(CNC(=O)O)CC2)cc1Br. The highest BCUT2D eigenvalue weighted by Gasteiger charge is 2.42. The topological polar surface area (TPSA) is 74.2 Å². The number of nitrogens with zero attached hydrogens (tertiary/aromatic N) is 1. The number of carboxylic acid groups (broad SMARTS) is 1. The van der Waals surface area contributed by atoms with E-state index in [1.165, 1.54) is 0 Å². The number of aromatic nitrogens is 1. The Bertz CT molecular complexity index is 461. The molecule has 2 rings (SSSR count). The molecule has 1 aromatic rings. The van der Waals surface area contributed by atoms with Crippen molar-refractivity contribution in [2.75, 3.05) is 18.4 Å². The van der Waals surface area contributed by atoms with E-state index in [0.717, 1.165) is 35.2 Å². The van der Waals surface area contributed by atoms with Crippen molar-refractivity contribution in [2.45, 2.75) is 19.8 Å². The average molecular weight is 314 g/mol. The van der Waals surface area contributed by atoms with E-state index in [4.69, 9.17) is 5.11 Å². The Kier molecular flexibility index (Phi) is 3.75. The minimum Gasteiger partial charge on any atom is -0.465 e. The molecule has 18 heavy (non-hydrogen) atoms. The molecule has 1 amide bonds. The van der Waals surface area contributed by atoms with Gasteiger partial charge in [-0.3, -0.25) is 4.98 Å². The van der Waals surface area contributed by atoms with Crippen molar-refractivity contribution in [2.24, 2.45) is 5.41 Å². The molecule has 5 nitrogen and oxygen atoms in total. The molecule has 0 spiro atoms. The second-order valence-electron chi connectivity index (χ2n) is 4.80. The van der Waals surface area contributed by atoms with E-state index in [1.54, 1.807) is 6.20 Å². The molecule has 1 fully saturated rings. The van der Waals surface area contributed by atoms with Gasteiger partial charge in [0.15, 0.2) is 0 Å². The number of amides is 1. The minimum atomic E-state index is -0.957. The van der Waals surface area contributed by atoms with Gasteiger partial charge in [-0.25, -0.2) is 4.79 Å². The Balaban J connectivity index is 1.87. The van der Waals surface area contributed by atoms with Crippen LogP contribution in [-0.2, 0) is 0 Å². The summed E-state index contributed by atoms with van der Waals surface area (Å²) in [4.78, 5) is 14.7. The number of pyridine rings is 1. The molecule has 3 N–H and O–H groups in total. The number of carbonyl (C=O) groups is 1. The van der Waals surface area contributed by atoms with Gasteiger partial charge in [0, 0.05) is 23.0 Å². The van der Waals surface area contributed by atoms with Crippen LogP contribution >= 0.6 is 15.9 Å². The fraction of sp³-hybridized carbons (Fsp3) is 0.500. The van der Waals surface area contributed by atoms with E-state index in [1.807, 2.05) is 13.0 Å². The van der Waals surface area contributed by atoms with Crippen LogP contribution in [-0.4, -0.2) is 29.3 Å². The lowest BCUT2D eigenvalue weighted by Crippen LogP contribution is -2.32. The number of hydrogen-bond donors (Lipinski definition) is 3. The summed E-state index contributed by atoms with van der Waals surface area (Å²) in [5, 5.41) is 14.4. The van der Waals surface area contributed by atoms with Gasteiger partial charge in [0.25, 0.3) is 0 Å². The lowest BCUT2D eigenvalue weighted by Gasteiger charge is -2.16. The van der Waals surface area contributed by atoms with Gasteiger partial charge in [0.2, 0.25) is 0 Å². The molecule has 0 bridgehead atoms. The molecule has 0 saturated heterocycles. The van der Waals surface area contributed by atoms with Gasteiger partial charge >= 0.3 is 6.09 Å². The van der Waals surface area contributed by atoms with Gasteiger partial charge in [-0.1, -0.05) is 0 Å². The number of aryl methyl sites for hydroxylation is 1. The first-order valence-electron chi connectivity index (χ1n) is 5.84. The number of hydrogen-bond acceptors (Lipinski definition) is 3. The fourth-order valence-corrected chi connectivity index (χ4v) is 2.10. The molecule has 1 aliphatic rings. The monoisotopic (exact) mass is 313 g/mol. The third-order valence-corrected chi connectivity index (χ3v) is 4.07. The summed E-state index contributed by atoms with van der Waals surface area (Å²) in [6.45, 7) is 3.22. The maximum Gasteiger partial charge on any atom is 0.404 e. The van der Waals surface area contributed by atoms with Crippen LogP contribution in [0.25, 0.3) is 0 Å². The van der Waals surface area contributed by atoms with E-state index >= 15 is 0 Å². The summed E-state index contributed by atoms with van der Waals surface area (Å²) in [5.41, 5.74) is 1.98. The molecule has 98 valence electrons. The lowest BCUT2D eigenvalue weighted by atomic mass is 10.1.